The largest absolute Gasteiger partial charge is 0.462 e. The van der Waals surface area contributed by atoms with E-state index in [1.54, 1.807) is 11.3 Å². The van der Waals surface area contributed by atoms with Gasteiger partial charge in [0.1, 0.15) is 0 Å². The molecule has 2 aromatic heterocycles. The summed E-state index contributed by atoms with van der Waals surface area (Å²) in [7, 11) is 0. The first-order chi connectivity index (χ1) is 15.6. The highest BCUT2D eigenvalue weighted by Crippen LogP contribution is 2.30. The van der Waals surface area contributed by atoms with Crippen molar-refractivity contribution in [2.24, 2.45) is 0 Å². The third kappa shape index (κ3) is 6.68. The maximum atomic E-state index is 12.3. The van der Waals surface area contributed by atoms with E-state index in [9.17, 15) is 4.79 Å². The Kier molecular flexibility index (Phi) is 9.79. The highest BCUT2D eigenvalue weighted by Gasteiger charge is 2.15. The first-order valence-electron chi connectivity index (χ1n) is 12.4. The summed E-state index contributed by atoms with van der Waals surface area (Å²) >= 11 is 1.70. The molecule has 0 bridgehead atoms. The van der Waals surface area contributed by atoms with Crippen LogP contribution >= 0.6 is 11.3 Å². The lowest BCUT2D eigenvalue weighted by Crippen LogP contribution is -2.06. The Morgan fingerprint density at radius 2 is 1.69 bits per heavy atom. The van der Waals surface area contributed by atoms with Crippen LogP contribution in [0.4, 0.5) is 0 Å². The van der Waals surface area contributed by atoms with Gasteiger partial charge in [-0.3, -0.25) is 4.40 Å². The van der Waals surface area contributed by atoms with Crippen molar-refractivity contribution >= 4 is 22.3 Å². The average Bonchev–Trinajstić information content (AvgIpc) is 3.39. The van der Waals surface area contributed by atoms with Crippen molar-refractivity contribution in [1.29, 1.82) is 0 Å². The smallest absolute Gasteiger partial charge is 0.338 e. The quantitative estimate of drug-likeness (QED) is 0.182. The monoisotopic (exact) mass is 454 g/mol. The second-order valence-corrected chi connectivity index (χ2v) is 9.65. The van der Waals surface area contributed by atoms with Gasteiger partial charge in [0.05, 0.1) is 17.9 Å². The van der Waals surface area contributed by atoms with E-state index in [1.165, 1.54) is 57.1 Å². The third-order valence-electron chi connectivity index (χ3n) is 6.13. The second kappa shape index (κ2) is 12.8. The Labute approximate surface area is 197 Å². The molecule has 5 heteroatoms. The molecule has 3 rings (SSSR count). The van der Waals surface area contributed by atoms with Crippen molar-refractivity contribution in [3.05, 3.63) is 47.1 Å². The van der Waals surface area contributed by atoms with Crippen LogP contribution in [0, 0.1) is 0 Å². The summed E-state index contributed by atoms with van der Waals surface area (Å²) in [5.74, 6) is 0.292. The molecule has 1 atom stereocenters. The summed E-state index contributed by atoms with van der Waals surface area (Å²) in [4.78, 5) is 18.2. The maximum absolute atomic E-state index is 12.3. The van der Waals surface area contributed by atoms with Gasteiger partial charge in [0, 0.05) is 22.8 Å². The van der Waals surface area contributed by atoms with Crippen molar-refractivity contribution in [3.63, 3.8) is 0 Å². The number of ether oxygens (including phenoxy) is 1. The molecule has 3 aromatic rings. The van der Waals surface area contributed by atoms with Gasteiger partial charge in [0.25, 0.3) is 0 Å². The van der Waals surface area contributed by atoms with Crippen LogP contribution in [0.3, 0.4) is 0 Å². The van der Waals surface area contributed by atoms with E-state index < -0.39 is 0 Å². The molecule has 0 saturated carbocycles. The Bertz CT molecular complexity index is 958. The minimum Gasteiger partial charge on any atom is -0.462 e. The minimum atomic E-state index is -0.237. The summed E-state index contributed by atoms with van der Waals surface area (Å²) in [5.41, 5.74) is 3.92. The van der Waals surface area contributed by atoms with Crippen LogP contribution < -0.4 is 0 Å². The summed E-state index contributed by atoms with van der Waals surface area (Å²) in [6, 6.07) is 7.64. The summed E-state index contributed by atoms with van der Waals surface area (Å²) < 4.78 is 7.68. The van der Waals surface area contributed by atoms with Crippen molar-refractivity contribution in [3.8, 4) is 11.3 Å². The lowest BCUT2D eigenvalue weighted by Gasteiger charge is -2.09. The number of imidazole rings is 1. The SMILES string of the molecule is CCCCCCCCOC(=O)c1ccc(-c2cn3c(C(C)CCCCC)csc3n2)cc1. The summed E-state index contributed by atoms with van der Waals surface area (Å²) in [6.07, 6.45) is 14.3. The number of hydrogen-bond donors (Lipinski definition) is 0. The Balaban J connectivity index is 1.55. The lowest BCUT2D eigenvalue weighted by atomic mass is 10.0. The fourth-order valence-electron chi connectivity index (χ4n) is 4.05. The number of nitrogens with zero attached hydrogens (tertiary/aromatic N) is 2. The predicted octanol–water partition coefficient (Wildman–Crippen LogP) is 8.26. The van der Waals surface area contributed by atoms with Gasteiger partial charge in [-0.15, -0.1) is 11.3 Å². The van der Waals surface area contributed by atoms with E-state index in [-0.39, 0.29) is 5.97 Å². The number of carbonyl (C=O) groups excluding carboxylic acids is 1. The maximum Gasteiger partial charge on any atom is 0.338 e. The number of thiazole rings is 1. The molecule has 0 fully saturated rings. The molecule has 0 aliphatic carbocycles. The van der Waals surface area contributed by atoms with Gasteiger partial charge in [0.2, 0.25) is 0 Å². The molecule has 4 nitrogen and oxygen atoms in total. The van der Waals surface area contributed by atoms with Gasteiger partial charge in [0.15, 0.2) is 4.96 Å². The van der Waals surface area contributed by atoms with E-state index in [1.807, 2.05) is 24.3 Å². The molecule has 0 aliphatic rings. The van der Waals surface area contributed by atoms with Gasteiger partial charge in [-0.25, -0.2) is 9.78 Å². The van der Waals surface area contributed by atoms with Crippen LogP contribution in [0.15, 0.2) is 35.8 Å². The number of unbranched alkanes of at least 4 members (excludes halogenated alkanes) is 7. The fourth-order valence-corrected chi connectivity index (χ4v) is 5.04. The molecule has 2 heterocycles. The number of aromatic nitrogens is 2. The zero-order chi connectivity index (χ0) is 22.8. The summed E-state index contributed by atoms with van der Waals surface area (Å²) in [6.45, 7) is 7.28. The van der Waals surface area contributed by atoms with Gasteiger partial charge >= 0.3 is 5.97 Å². The van der Waals surface area contributed by atoms with Crippen LogP contribution in [-0.2, 0) is 4.74 Å². The van der Waals surface area contributed by atoms with Gasteiger partial charge in [-0.2, -0.15) is 0 Å². The van der Waals surface area contributed by atoms with Gasteiger partial charge in [-0.05, 0) is 30.9 Å². The van der Waals surface area contributed by atoms with Crippen molar-refractivity contribution in [2.45, 2.75) is 90.9 Å². The number of esters is 1. The second-order valence-electron chi connectivity index (χ2n) is 8.82. The molecule has 0 spiro atoms. The molecule has 0 N–H and O–H groups in total. The molecule has 0 saturated heterocycles. The average molecular weight is 455 g/mol. The number of benzene rings is 1. The van der Waals surface area contributed by atoms with Gasteiger partial charge in [-0.1, -0.05) is 84.3 Å². The van der Waals surface area contributed by atoms with Crippen molar-refractivity contribution in [1.82, 2.24) is 9.38 Å². The number of rotatable bonds is 14. The van der Waals surface area contributed by atoms with Crippen LogP contribution in [0.1, 0.15) is 107 Å². The number of carbonyl (C=O) groups is 1. The van der Waals surface area contributed by atoms with Crippen LogP contribution in [-0.4, -0.2) is 22.0 Å². The normalized spacial score (nSPS) is 12.3. The molecule has 174 valence electrons. The number of fused-ring (bicyclic) bond motifs is 1. The predicted molar refractivity (Wildman–Crippen MR) is 135 cm³/mol. The topological polar surface area (TPSA) is 43.6 Å². The van der Waals surface area contributed by atoms with E-state index in [4.69, 9.17) is 9.72 Å². The Hall–Kier alpha value is -2.14. The molecule has 32 heavy (non-hydrogen) atoms. The van der Waals surface area contributed by atoms with Crippen LogP contribution in [0.5, 0.6) is 0 Å². The standard InChI is InChI=1S/C27H38N2O2S/c1-4-6-8-9-10-12-18-31-26(30)23-16-14-22(15-17-23)24-19-29-25(20-32-27(29)28-24)21(3)13-11-7-5-2/h14-17,19-21H,4-13,18H2,1-3H3. The van der Waals surface area contributed by atoms with Gasteiger partial charge < -0.3 is 4.74 Å². The molecule has 1 unspecified atom stereocenters. The lowest BCUT2D eigenvalue weighted by molar-refractivity contribution is 0.0497. The number of hydrogen-bond acceptors (Lipinski definition) is 4. The zero-order valence-corrected chi connectivity index (χ0v) is 20.8. The Morgan fingerprint density at radius 3 is 2.44 bits per heavy atom. The first kappa shape index (κ1) is 24.5. The third-order valence-corrected chi connectivity index (χ3v) is 6.99. The minimum absolute atomic E-state index is 0.237. The Morgan fingerprint density at radius 1 is 1.00 bits per heavy atom. The van der Waals surface area contributed by atoms with Crippen molar-refractivity contribution in [2.75, 3.05) is 6.61 Å². The fraction of sp³-hybridized carbons (Fsp3) is 0.556. The highest BCUT2D eigenvalue weighted by atomic mass is 32.1. The van der Waals surface area contributed by atoms with E-state index in [0.717, 1.165) is 29.1 Å². The van der Waals surface area contributed by atoms with Crippen molar-refractivity contribution < 1.29 is 9.53 Å². The zero-order valence-electron chi connectivity index (χ0n) is 19.9. The van der Waals surface area contributed by atoms with E-state index in [0.29, 0.717) is 18.1 Å². The highest BCUT2D eigenvalue weighted by molar-refractivity contribution is 7.15. The molecular formula is C27H38N2O2S. The first-order valence-corrected chi connectivity index (χ1v) is 13.3. The molecule has 0 aliphatic heterocycles. The molecule has 0 amide bonds. The van der Waals surface area contributed by atoms with Crippen LogP contribution in [0.2, 0.25) is 0 Å². The van der Waals surface area contributed by atoms with E-state index >= 15 is 0 Å². The van der Waals surface area contributed by atoms with E-state index in [2.05, 4.69) is 36.7 Å². The molecule has 1 aromatic carbocycles. The molecule has 0 radical (unpaired) electrons. The van der Waals surface area contributed by atoms with Crippen LogP contribution in [0.25, 0.3) is 16.2 Å². The summed E-state index contributed by atoms with van der Waals surface area (Å²) in [5, 5.41) is 2.24. The molecular weight excluding hydrogens is 416 g/mol.